The van der Waals surface area contributed by atoms with Crippen LogP contribution in [0.15, 0.2) is 0 Å². The van der Waals surface area contributed by atoms with Crippen molar-refractivity contribution in [3.8, 4) is 0 Å². The molecule has 1 heteroatoms. The Labute approximate surface area is 57.0 Å². The van der Waals surface area contributed by atoms with E-state index in [1.165, 1.54) is 25.9 Å². The summed E-state index contributed by atoms with van der Waals surface area (Å²) < 4.78 is 0. The van der Waals surface area contributed by atoms with Gasteiger partial charge in [-0.3, -0.25) is 0 Å². The van der Waals surface area contributed by atoms with E-state index in [1.807, 2.05) is 0 Å². The van der Waals surface area contributed by atoms with Crippen molar-refractivity contribution in [1.82, 2.24) is 4.90 Å². The van der Waals surface area contributed by atoms with Crippen molar-refractivity contribution in [3.05, 3.63) is 0 Å². The van der Waals surface area contributed by atoms with Crippen molar-refractivity contribution in [1.29, 1.82) is 0 Å². The fourth-order valence-electron chi connectivity index (χ4n) is 2.22. The number of likely N-dealkylation sites (tertiary alicyclic amines) is 1. The molecule has 9 heavy (non-hydrogen) atoms. The number of hydrogen-bond donors (Lipinski definition) is 0. The third-order valence-corrected chi connectivity index (χ3v) is 3.03. The van der Waals surface area contributed by atoms with E-state index in [4.69, 9.17) is 0 Å². The molecule has 1 heterocycles. The largest absolute Gasteiger partial charge is 0.306 e. The monoisotopic (exact) mass is 125 g/mol. The molecule has 2 aliphatic rings. The summed E-state index contributed by atoms with van der Waals surface area (Å²) in [7, 11) is 2.24. The predicted molar refractivity (Wildman–Crippen MR) is 38.3 cm³/mol. The molecule has 0 aromatic heterocycles. The molecule has 0 amide bonds. The summed E-state index contributed by atoms with van der Waals surface area (Å²) in [6.07, 6.45) is 2.95. The summed E-state index contributed by atoms with van der Waals surface area (Å²) in [5, 5.41) is 0. The van der Waals surface area contributed by atoms with Gasteiger partial charge in [-0.15, -0.1) is 0 Å². The second-order valence-electron chi connectivity index (χ2n) is 4.08. The Morgan fingerprint density at radius 1 is 1.56 bits per heavy atom. The van der Waals surface area contributed by atoms with Crippen LogP contribution in [0.25, 0.3) is 0 Å². The van der Waals surface area contributed by atoms with Gasteiger partial charge in [0, 0.05) is 6.54 Å². The molecule has 2 unspecified atom stereocenters. The van der Waals surface area contributed by atoms with Crippen molar-refractivity contribution in [2.45, 2.75) is 19.8 Å². The normalized spacial score (nSPS) is 50.7. The lowest BCUT2D eigenvalue weighted by atomic mass is 10.0. The maximum absolute atomic E-state index is 2.46. The van der Waals surface area contributed by atoms with E-state index in [0.29, 0.717) is 0 Å². The molecule has 1 saturated carbocycles. The fourth-order valence-corrected chi connectivity index (χ4v) is 2.22. The molecule has 0 aromatic carbocycles. The number of hydrogen-bond acceptors (Lipinski definition) is 1. The molecule has 2 rings (SSSR count). The zero-order chi connectivity index (χ0) is 6.48. The summed E-state index contributed by atoms with van der Waals surface area (Å²) in [4.78, 5) is 2.46. The summed E-state index contributed by atoms with van der Waals surface area (Å²) in [6, 6.07) is 0. The van der Waals surface area contributed by atoms with Gasteiger partial charge in [-0.25, -0.2) is 0 Å². The minimum absolute atomic E-state index is 0.743. The van der Waals surface area contributed by atoms with Crippen LogP contribution in [0.1, 0.15) is 19.8 Å². The zero-order valence-corrected chi connectivity index (χ0v) is 6.35. The summed E-state index contributed by atoms with van der Waals surface area (Å²) >= 11 is 0. The van der Waals surface area contributed by atoms with Crippen LogP contribution in [0.4, 0.5) is 0 Å². The Morgan fingerprint density at radius 3 is 2.89 bits per heavy atom. The van der Waals surface area contributed by atoms with Crippen molar-refractivity contribution < 1.29 is 0 Å². The lowest BCUT2D eigenvalue weighted by Crippen LogP contribution is -2.31. The van der Waals surface area contributed by atoms with Crippen LogP contribution in [0.5, 0.6) is 0 Å². The van der Waals surface area contributed by atoms with Crippen LogP contribution < -0.4 is 0 Å². The molecular weight excluding hydrogens is 110 g/mol. The lowest BCUT2D eigenvalue weighted by molar-refractivity contribution is 0.211. The van der Waals surface area contributed by atoms with E-state index >= 15 is 0 Å². The number of fused-ring (bicyclic) bond motifs is 1. The van der Waals surface area contributed by atoms with Gasteiger partial charge in [0.25, 0.3) is 0 Å². The molecule has 0 radical (unpaired) electrons. The second kappa shape index (κ2) is 1.51. The highest BCUT2D eigenvalue weighted by atomic mass is 15.1. The van der Waals surface area contributed by atoms with E-state index in [-0.39, 0.29) is 0 Å². The fraction of sp³-hybridized carbons (Fsp3) is 1.00. The third-order valence-electron chi connectivity index (χ3n) is 3.03. The topological polar surface area (TPSA) is 3.24 Å². The van der Waals surface area contributed by atoms with Gasteiger partial charge >= 0.3 is 0 Å². The molecule has 0 N–H and O–H groups in total. The van der Waals surface area contributed by atoms with Crippen molar-refractivity contribution in [3.63, 3.8) is 0 Å². The van der Waals surface area contributed by atoms with Gasteiger partial charge in [0.15, 0.2) is 0 Å². The maximum atomic E-state index is 2.46. The molecule has 1 aliphatic carbocycles. The minimum Gasteiger partial charge on any atom is -0.306 e. The van der Waals surface area contributed by atoms with Gasteiger partial charge in [-0.1, -0.05) is 6.92 Å². The van der Waals surface area contributed by atoms with E-state index in [9.17, 15) is 0 Å². The second-order valence-corrected chi connectivity index (χ2v) is 4.08. The van der Waals surface area contributed by atoms with E-state index < -0.39 is 0 Å². The van der Waals surface area contributed by atoms with Gasteiger partial charge in [0.2, 0.25) is 0 Å². The van der Waals surface area contributed by atoms with Crippen LogP contribution in [0.3, 0.4) is 0 Å². The molecule has 52 valence electrons. The summed E-state index contributed by atoms with van der Waals surface area (Å²) in [6.45, 7) is 5.10. The molecule has 1 nitrogen and oxygen atoms in total. The van der Waals surface area contributed by atoms with E-state index in [0.717, 1.165) is 11.3 Å². The Morgan fingerprint density at radius 2 is 2.33 bits per heavy atom. The summed E-state index contributed by atoms with van der Waals surface area (Å²) in [5.74, 6) is 1.09. The van der Waals surface area contributed by atoms with E-state index in [2.05, 4.69) is 18.9 Å². The average molecular weight is 125 g/mol. The Hall–Kier alpha value is -0.0400. The predicted octanol–water partition coefficient (Wildman–Crippen LogP) is 1.35. The van der Waals surface area contributed by atoms with E-state index in [1.54, 1.807) is 0 Å². The standard InChI is InChI=1S/C8H15N/c1-8-5-7(8)3-4-9(2)6-8/h7H,3-6H2,1-2H3. The zero-order valence-electron chi connectivity index (χ0n) is 6.35. The molecule has 2 fully saturated rings. The van der Waals surface area contributed by atoms with Gasteiger partial charge in [0.05, 0.1) is 0 Å². The van der Waals surface area contributed by atoms with Gasteiger partial charge < -0.3 is 4.90 Å². The SMILES string of the molecule is CN1CCC2CC2(C)C1. The number of nitrogens with zero attached hydrogens (tertiary/aromatic N) is 1. The lowest BCUT2D eigenvalue weighted by Gasteiger charge is -2.26. The van der Waals surface area contributed by atoms with Crippen LogP contribution in [0, 0.1) is 11.3 Å². The number of piperidine rings is 1. The average Bonchev–Trinajstić information content (AvgIpc) is 2.38. The van der Waals surface area contributed by atoms with Gasteiger partial charge in [0.1, 0.15) is 0 Å². The molecule has 1 aliphatic heterocycles. The Balaban J connectivity index is 2.03. The minimum atomic E-state index is 0.743. The molecule has 0 aromatic rings. The number of rotatable bonds is 0. The first-order chi connectivity index (χ1) is 4.21. The molecule has 2 atom stereocenters. The van der Waals surface area contributed by atoms with Crippen LogP contribution in [0.2, 0.25) is 0 Å². The van der Waals surface area contributed by atoms with Crippen LogP contribution in [-0.4, -0.2) is 25.0 Å². The third kappa shape index (κ3) is 0.787. The molecule has 1 saturated heterocycles. The van der Waals surface area contributed by atoms with Crippen LogP contribution >= 0.6 is 0 Å². The van der Waals surface area contributed by atoms with Crippen LogP contribution in [-0.2, 0) is 0 Å². The van der Waals surface area contributed by atoms with Gasteiger partial charge in [-0.2, -0.15) is 0 Å². The first kappa shape index (κ1) is 5.72. The summed E-state index contributed by atoms with van der Waals surface area (Å²) in [5.41, 5.74) is 0.743. The molecule has 0 spiro atoms. The highest BCUT2D eigenvalue weighted by Gasteiger charge is 2.51. The van der Waals surface area contributed by atoms with Crippen molar-refractivity contribution >= 4 is 0 Å². The Kier molecular flexibility index (Phi) is 0.963. The molecule has 0 bridgehead atoms. The smallest absolute Gasteiger partial charge is 0.00350 e. The first-order valence-corrected chi connectivity index (χ1v) is 3.89. The van der Waals surface area contributed by atoms with Crippen molar-refractivity contribution in [2.24, 2.45) is 11.3 Å². The quantitative estimate of drug-likeness (QED) is 0.472. The Bertz CT molecular complexity index is 133. The highest BCUT2D eigenvalue weighted by Crippen LogP contribution is 2.56. The highest BCUT2D eigenvalue weighted by molar-refractivity contribution is 5.03. The first-order valence-electron chi connectivity index (χ1n) is 3.89. The molecular formula is C8H15N. The maximum Gasteiger partial charge on any atom is 0.00350 e. The van der Waals surface area contributed by atoms with Gasteiger partial charge in [-0.05, 0) is 37.8 Å². The van der Waals surface area contributed by atoms with Crippen molar-refractivity contribution in [2.75, 3.05) is 20.1 Å².